The summed E-state index contributed by atoms with van der Waals surface area (Å²) >= 11 is 5.70. The molecule has 0 aliphatic carbocycles. The predicted molar refractivity (Wildman–Crippen MR) is 112 cm³/mol. The van der Waals surface area contributed by atoms with Crippen LogP contribution in [0.1, 0.15) is 22.4 Å². The first-order valence-electron chi connectivity index (χ1n) is 8.68. The van der Waals surface area contributed by atoms with Gasteiger partial charge in [0.2, 0.25) is 0 Å². The summed E-state index contributed by atoms with van der Waals surface area (Å²) in [4.78, 5) is 6.59. The van der Waals surface area contributed by atoms with Gasteiger partial charge in [-0.2, -0.15) is 0 Å². The van der Waals surface area contributed by atoms with Gasteiger partial charge in [0.25, 0.3) is 0 Å². The molecule has 0 atom stereocenters. The molecule has 0 aliphatic rings. The minimum absolute atomic E-state index is 0.659. The molecule has 0 saturated heterocycles. The van der Waals surface area contributed by atoms with Crippen molar-refractivity contribution < 1.29 is 0 Å². The van der Waals surface area contributed by atoms with Crippen LogP contribution in [-0.4, -0.2) is 15.0 Å². The fourth-order valence-corrected chi connectivity index (χ4v) is 2.89. The average molecular weight is 362 g/mol. The number of hydrogen-bond donors (Lipinski definition) is 1. The highest BCUT2D eigenvalue weighted by atomic mass is 32.1. The minimum Gasteiger partial charge on any atom is -0.339 e. The Labute approximate surface area is 160 Å². The molecule has 3 nitrogen and oxygen atoms in total. The number of aromatic nitrogens is 1. The summed E-state index contributed by atoms with van der Waals surface area (Å²) < 4.78 is 0. The summed E-state index contributed by atoms with van der Waals surface area (Å²) in [5, 5.41) is 4.05. The van der Waals surface area contributed by atoms with Crippen LogP contribution in [0.4, 0.5) is 5.69 Å². The molecule has 132 valence electrons. The SMILES string of the molecule is Cc1ccc(CN(Cc2ccccn2)C(=S)Nc2ccc(C)cc2)cc1. The predicted octanol–water partition coefficient (Wildman–Crippen LogP) is 5.10. The normalized spacial score (nSPS) is 10.4. The fraction of sp³-hybridized carbons (Fsp3) is 0.182. The molecule has 2 aromatic carbocycles. The zero-order valence-electron chi connectivity index (χ0n) is 15.1. The Morgan fingerprint density at radius 3 is 2.15 bits per heavy atom. The molecule has 1 N–H and O–H groups in total. The number of nitrogens with one attached hydrogen (secondary N) is 1. The maximum Gasteiger partial charge on any atom is 0.174 e. The van der Waals surface area contributed by atoms with E-state index in [1.165, 1.54) is 16.7 Å². The molecule has 1 aromatic heterocycles. The van der Waals surface area contributed by atoms with Crippen molar-refractivity contribution in [3.8, 4) is 0 Å². The molecule has 3 aromatic rings. The highest BCUT2D eigenvalue weighted by Gasteiger charge is 2.12. The lowest BCUT2D eigenvalue weighted by molar-refractivity contribution is 0.407. The first kappa shape index (κ1) is 18.1. The molecule has 1 heterocycles. The highest BCUT2D eigenvalue weighted by Crippen LogP contribution is 2.14. The van der Waals surface area contributed by atoms with E-state index in [4.69, 9.17) is 12.2 Å². The lowest BCUT2D eigenvalue weighted by atomic mass is 10.1. The zero-order valence-corrected chi connectivity index (χ0v) is 16.0. The molecular formula is C22H23N3S. The van der Waals surface area contributed by atoms with Crippen LogP contribution in [0.2, 0.25) is 0 Å². The van der Waals surface area contributed by atoms with E-state index >= 15 is 0 Å². The molecule has 0 saturated carbocycles. The summed E-state index contributed by atoms with van der Waals surface area (Å²) in [5.74, 6) is 0. The molecule has 0 unspecified atom stereocenters. The molecule has 26 heavy (non-hydrogen) atoms. The summed E-state index contributed by atoms with van der Waals surface area (Å²) in [7, 11) is 0. The number of aryl methyl sites for hydroxylation is 2. The van der Waals surface area contributed by atoms with Crippen LogP contribution in [0, 0.1) is 13.8 Å². The minimum atomic E-state index is 0.659. The quantitative estimate of drug-likeness (QED) is 0.640. The van der Waals surface area contributed by atoms with Crippen molar-refractivity contribution in [2.45, 2.75) is 26.9 Å². The Morgan fingerprint density at radius 2 is 1.54 bits per heavy atom. The van der Waals surface area contributed by atoms with Crippen LogP contribution in [0.3, 0.4) is 0 Å². The van der Waals surface area contributed by atoms with Crippen LogP contribution in [-0.2, 0) is 13.1 Å². The van der Waals surface area contributed by atoms with Crippen molar-refractivity contribution in [3.05, 3.63) is 95.3 Å². The number of benzene rings is 2. The third kappa shape index (κ3) is 5.14. The first-order valence-corrected chi connectivity index (χ1v) is 9.09. The van der Waals surface area contributed by atoms with Crippen molar-refractivity contribution in [1.29, 1.82) is 0 Å². The second kappa shape index (κ2) is 8.59. The van der Waals surface area contributed by atoms with Crippen LogP contribution >= 0.6 is 12.2 Å². The summed E-state index contributed by atoms with van der Waals surface area (Å²) in [5.41, 5.74) is 5.69. The van der Waals surface area contributed by atoms with E-state index in [-0.39, 0.29) is 0 Å². The van der Waals surface area contributed by atoms with Crippen molar-refractivity contribution in [3.63, 3.8) is 0 Å². The number of hydrogen-bond acceptors (Lipinski definition) is 2. The van der Waals surface area contributed by atoms with Crippen LogP contribution in [0.15, 0.2) is 72.9 Å². The van der Waals surface area contributed by atoms with Crippen molar-refractivity contribution in [2.75, 3.05) is 5.32 Å². The molecule has 0 spiro atoms. The monoisotopic (exact) mass is 361 g/mol. The van der Waals surface area contributed by atoms with E-state index < -0.39 is 0 Å². The van der Waals surface area contributed by atoms with Crippen LogP contribution in [0.25, 0.3) is 0 Å². The summed E-state index contributed by atoms with van der Waals surface area (Å²) in [6, 6.07) is 22.8. The molecule has 0 amide bonds. The van der Waals surface area contributed by atoms with Gasteiger partial charge in [-0.1, -0.05) is 53.6 Å². The maximum atomic E-state index is 5.70. The second-order valence-corrected chi connectivity index (χ2v) is 6.85. The molecular weight excluding hydrogens is 338 g/mol. The van der Waals surface area contributed by atoms with Gasteiger partial charge in [-0.25, -0.2) is 0 Å². The molecule has 0 bridgehead atoms. The van der Waals surface area contributed by atoms with Gasteiger partial charge in [-0.15, -0.1) is 0 Å². The topological polar surface area (TPSA) is 28.2 Å². The Hall–Kier alpha value is -2.72. The molecule has 0 fully saturated rings. The van der Waals surface area contributed by atoms with Crippen LogP contribution < -0.4 is 5.32 Å². The lowest BCUT2D eigenvalue weighted by Gasteiger charge is -2.26. The molecule has 3 rings (SSSR count). The number of nitrogens with zero attached hydrogens (tertiary/aromatic N) is 2. The van der Waals surface area contributed by atoms with E-state index in [0.717, 1.165) is 17.9 Å². The third-order valence-corrected chi connectivity index (χ3v) is 4.52. The Balaban J connectivity index is 1.77. The second-order valence-electron chi connectivity index (χ2n) is 6.46. The Bertz CT molecular complexity index is 843. The zero-order chi connectivity index (χ0) is 18.4. The van der Waals surface area contributed by atoms with Gasteiger partial charge < -0.3 is 10.2 Å². The van der Waals surface area contributed by atoms with Crippen molar-refractivity contribution in [1.82, 2.24) is 9.88 Å². The number of anilines is 1. The van der Waals surface area contributed by atoms with E-state index in [1.807, 2.05) is 36.5 Å². The maximum absolute atomic E-state index is 5.70. The fourth-order valence-electron chi connectivity index (χ4n) is 2.64. The van der Waals surface area contributed by atoms with Gasteiger partial charge in [0.1, 0.15) is 0 Å². The van der Waals surface area contributed by atoms with Gasteiger partial charge in [0.15, 0.2) is 5.11 Å². The van der Waals surface area contributed by atoms with Crippen LogP contribution in [0.5, 0.6) is 0 Å². The first-order chi connectivity index (χ1) is 12.6. The van der Waals surface area contributed by atoms with Gasteiger partial charge in [-0.05, 0) is 55.9 Å². The average Bonchev–Trinajstić information content (AvgIpc) is 2.65. The van der Waals surface area contributed by atoms with Crippen molar-refractivity contribution in [2.24, 2.45) is 0 Å². The van der Waals surface area contributed by atoms with E-state index in [9.17, 15) is 0 Å². The molecule has 4 heteroatoms. The van der Waals surface area contributed by atoms with Gasteiger partial charge in [-0.3, -0.25) is 4.98 Å². The third-order valence-electron chi connectivity index (χ3n) is 4.16. The molecule has 0 radical (unpaired) electrons. The van der Waals surface area contributed by atoms with Gasteiger partial charge >= 0.3 is 0 Å². The standard InChI is InChI=1S/C22H23N3S/c1-17-6-10-19(11-7-17)15-25(16-21-5-3-4-14-23-21)22(26)24-20-12-8-18(2)9-13-20/h3-14H,15-16H2,1-2H3,(H,24,26). The van der Waals surface area contributed by atoms with Gasteiger partial charge in [0, 0.05) is 18.4 Å². The number of pyridine rings is 1. The number of rotatable bonds is 5. The largest absolute Gasteiger partial charge is 0.339 e. The number of thiocarbonyl (C=S) groups is 1. The van der Waals surface area contributed by atoms with E-state index in [1.54, 1.807) is 0 Å². The molecule has 0 aliphatic heterocycles. The highest BCUT2D eigenvalue weighted by molar-refractivity contribution is 7.80. The smallest absolute Gasteiger partial charge is 0.174 e. The summed E-state index contributed by atoms with van der Waals surface area (Å²) in [6.45, 7) is 5.56. The summed E-state index contributed by atoms with van der Waals surface area (Å²) in [6.07, 6.45) is 1.82. The Kier molecular flexibility index (Phi) is 5.97. The van der Waals surface area contributed by atoms with E-state index in [2.05, 4.69) is 65.4 Å². The Morgan fingerprint density at radius 1 is 0.885 bits per heavy atom. The van der Waals surface area contributed by atoms with Gasteiger partial charge in [0.05, 0.1) is 12.2 Å². The van der Waals surface area contributed by atoms with Crippen molar-refractivity contribution >= 4 is 23.0 Å². The van der Waals surface area contributed by atoms with E-state index in [0.29, 0.717) is 11.7 Å². The lowest BCUT2D eigenvalue weighted by Crippen LogP contribution is -2.34.